The van der Waals surface area contributed by atoms with Crippen LogP contribution in [0.25, 0.3) is 5.69 Å². The van der Waals surface area contributed by atoms with Crippen LogP contribution in [-0.2, 0) is 11.3 Å². The molecule has 8 nitrogen and oxygen atoms in total. The Kier molecular flexibility index (Phi) is 9.77. The summed E-state index contributed by atoms with van der Waals surface area (Å²) >= 11 is 0. The maximum Gasteiger partial charge on any atom is 0.407 e. The van der Waals surface area contributed by atoms with Gasteiger partial charge in [0.15, 0.2) is 5.96 Å². The number of nitrogens with zero attached hydrogens (tertiary/aromatic N) is 3. The summed E-state index contributed by atoms with van der Waals surface area (Å²) in [5.41, 5.74) is 1.64. The number of aliphatic imine (C=N–C) groups is 1. The molecule has 0 aliphatic heterocycles. The number of carbonyl (C=O) groups excluding carboxylic acids is 1. The van der Waals surface area contributed by atoms with Crippen LogP contribution in [0.5, 0.6) is 0 Å². The van der Waals surface area contributed by atoms with Gasteiger partial charge < -0.3 is 20.7 Å². The van der Waals surface area contributed by atoms with E-state index in [2.05, 4.69) is 26.0 Å². The number of benzene rings is 1. The van der Waals surface area contributed by atoms with Crippen molar-refractivity contribution in [3.63, 3.8) is 0 Å². The number of aromatic nitrogens is 2. The Morgan fingerprint density at radius 2 is 1.82 bits per heavy atom. The molecule has 154 valence electrons. The first-order valence-corrected chi connectivity index (χ1v) is 8.88. The zero-order chi connectivity index (χ0) is 19.7. The van der Waals surface area contributed by atoms with Crippen molar-refractivity contribution < 1.29 is 9.53 Å². The highest BCUT2D eigenvalue weighted by Gasteiger charge is 2.15. The van der Waals surface area contributed by atoms with Gasteiger partial charge in [-0.3, -0.25) is 4.99 Å². The van der Waals surface area contributed by atoms with Crippen LogP contribution < -0.4 is 16.0 Å². The van der Waals surface area contributed by atoms with Gasteiger partial charge in [-0.2, -0.15) is 5.10 Å². The number of guanidine groups is 1. The van der Waals surface area contributed by atoms with E-state index >= 15 is 0 Å². The van der Waals surface area contributed by atoms with Crippen LogP contribution in [-0.4, -0.2) is 47.6 Å². The molecular formula is C19H29IN6O2. The minimum absolute atomic E-state index is 0. The molecule has 1 heterocycles. The van der Waals surface area contributed by atoms with Crippen molar-refractivity contribution >= 4 is 36.0 Å². The molecule has 0 atom stereocenters. The number of halogens is 1. The molecule has 3 N–H and O–H groups in total. The van der Waals surface area contributed by atoms with Crippen LogP contribution in [0.1, 0.15) is 26.3 Å². The molecule has 1 amide bonds. The number of hydrogen-bond acceptors (Lipinski definition) is 4. The third-order valence-electron chi connectivity index (χ3n) is 3.47. The van der Waals surface area contributed by atoms with E-state index in [1.165, 1.54) is 0 Å². The largest absolute Gasteiger partial charge is 0.444 e. The third-order valence-corrected chi connectivity index (χ3v) is 3.47. The average molecular weight is 500 g/mol. The molecule has 2 rings (SSSR count). The number of alkyl carbamates (subject to hydrolysis) is 1. The Labute approximate surface area is 183 Å². The summed E-state index contributed by atoms with van der Waals surface area (Å²) < 4.78 is 7.00. The van der Waals surface area contributed by atoms with Crippen molar-refractivity contribution in [1.29, 1.82) is 0 Å². The smallest absolute Gasteiger partial charge is 0.407 e. The van der Waals surface area contributed by atoms with Gasteiger partial charge >= 0.3 is 6.09 Å². The normalized spacial score (nSPS) is 11.4. The second kappa shape index (κ2) is 11.5. The molecule has 1 aromatic heterocycles. The van der Waals surface area contributed by atoms with Gasteiger partial charge in [-0.1, -0.05) is 12.1 Å². The number of amides is 1. The standard InChI is InChI=1S/C19H28N6O2.HI/c1-19(2,3)27-18(26)22-12-11-21-17(20-4)23-14-15-6-8-16(9-7-15)25-13-5-10-24-25;/h5-10,13H,11-12,14H2,1-4H3,(H,22,26)(H2,20,21,23);1H. The lowest BCUT2D eigenvalue weighted by atomic mass is 10.2. The monoisotopic (exact) mass is 500 g/mol. The van der Waals surface area contributed by atoms with Crippen LogP contribution in [0.3, 0.4) is 0 Å². The van der Waals surface area contributed by atoms with Gasteiger partial charge in [-0.15, -0.1) is 24.0 Å². The molecule has 0 unspecified atom stereocenters. The van der Waals surface area contributed by atoms with Crippen molar-refractivity contribution in [3.8, 4) is 5.69 Å². The first kappa shape index (κ1) is 23.7. The average Bonchev–Trinajstić information content (AvgIpc) is 3.15. The number of rotatable bonds is 6. The van der Waals surface area contributed by atoms with E-state index in [9.17, 15) is 4.79 Å². The minimum atomic E-state index is -0.498. The fraction of sp³-hybridized carbons (Fsp3) is 0.421. The van der Waals surface area contributed by atoms with Crippen molar-refractivity contribution in [1.82, 2.24) is 25.7 Å². The van der Waals surface area contributed by atoms with E-state index in [-0.39, 0.29) is 24.0 Å². The Morgan fingerprint density at radius 1 is 1.14 bits per heavy atom. The molecule has 0 spiro atoms. The third kappa shape index (κ3) is 8.59. The highest BCUT2D eigenvalue weighted by molar-refractivity contribution is 14.0. The molecule has 0 bridgehead atoms. The molecule has 0 fully saturated rings. The molecule has 0 aliphatic carbocycles. The van der Waals surface area contributed by atoms with Gasteiger partial charge in [0.1, 0.15) is 5.60 Å². The molecule has 0 saturated heterocycles. The first-order valence-electron chi connectivity index (χ1n) is 8.88. The van der Waals surface area contributed by atoms with Crippen molar-refractivity contribution in [2.75, 3.05) is 20.1 Å². The first-order chi connectivity index (χ1) is 12.9. The fourth-order valence-electron chi connectivity index (χ4n) is 2.25. The lowest BCUT2D eigenvalue weighted by Crippen LogP contribution is -2.42. The Hall–Kier alpha value is -2.30. The summed E-state index contributed by atoms with van der Waals surface area (Å²) in [5, 5.41) is 13.3. The summed E-state index contributed by atoms with van der Waals surface area (Å²) in [4.78, 5) is 15.8. The van der Waals surface area contributed by atoms with E-state index in [4.69, 9.17) is 4.74 Å². The van der Waals surface area contributed by atoms with E-state index < -0.39 is 11.7 Å². The number of ether oxygens (including phenoxy) is 1. The molecule has 28 heavy (non-hydrogen) atoms. The second-order valence-corrected chi connectivity index (χ2v) is 6.90. The fourth-order valence-corrected chi connectivity index (χ4v) is 2.25. The van der Waals surface area contributed by atoms with Crippen LogP contribution >= 0.6 is 24.0 Å². The zero-order valence-corrected chi connectivity index (χ0v) is 19.1. The van der Waals surface area contributed by atoms with E-state index in [1.54, 1.807) is 13.2 Å². The lowest BCUT2D eigenvalue weighted by molar-refractivity contribution is 0.0529. The number of carbonyl (C=O) groups is 1. The lowest BCUT2D eigenvalue weighted by Gasteiger charge is -2.20. The Bertz CT molecular complexity index is 739. The van der Waals surface area contributed by atoms with Gasteiger partial charge in [-0.25, -0.2) is 9.48 Å². The minimum Gasteiger partial charge on any atom is -0.444 e. The maximum atomic E-state index is 11.6. The summed E-state index contributed by atoms with van der Waals surface area (Å²) in [5.74, 6) is 0.664. The predicted octanol–water partition coefficient (Wildman–Crippen LogP) is 2.68. The summed E-state index contributed by atoms with van der Waals surface area (Å²) in [6, 6.07) is 10.0. The van der Waals surface area contributed by atoms with Crippen molar-refractivity contribution in [2.45, 2.75) is 32.9 Å². The van der Waals surface area contributed by atoms with Crippen LogP contribution in [0.2, 0.25) is 0 Å². The second-order valence-electron chi connectivity index (χ2n) is 6.90. The molecular weight excluding hydrogens is 471 g/mol. The van der Waals surface area contributed by atoms with Gasteiger partial charge in [0.2, 0.25) is 0 Å². The SMILES string of the molecule is CN=C(NCCNC(=O)OC(C)(C)C)NCc1ccc(-n2cccn2)cc1.I. The van der Waals surface area contributed by atoms with Gasteiger partial charge in [-0.05, 0) is 44.5 Å². The van der Waals surface area contributed by atoms with Gasteiger partial charge in [0.25, 0.3) is 0 Å². The van der Waals surface area contributed by atoms with Gasteiger partial charge in [0.05, 0.1) is 5.69 Å². The summed E-state index contributed by atoms with van der Waals surface area (Å²) in [6.45, 7) is 7.11. The highest BCUT2D eigenvalue weighted by Crippen LogP contribution is 2.08. The van der Waals surface area contributed by atoms with E-state index in [0.29, 0.717) is 25.6 Å². The Balaban J connectivity index is 0.00000392. The number of hydrogen-bond donors (Lipinski definition) is 3. The van der Waals surface area contributed by atoms with E-state index in [1.807, 2.05) is 62.0 Å². The van der Waals surface area contributed by atoms with Crippen molar-refractivity contribution in [3.05, 3.63) is 48.3 Å². The van der Waals surface area contributed by atoms with Crippen molar-refractivity contribution in [2.24, 2.45) is 4.99 Å². The van der Waals surface area contributed by atoms with E-state index in [0.717, 1.165) is 11.3 Å². The zero-order valence-electron chi connectivity index (χ0n) is 16.7. The summed E-state index contributed by atoms with van der Waals surface area (Å²) in [6.07, 6.45) is 3.23. The molecule has 0 saturated carbocycles. The van der Waals surface area contributed by atoms with Gasteiger partial charge in [0, 0.05) is 39.1 Å². The topological polar surface area (TPSA) is 92.6 Å². The quantitative estimate of drug-likeness (QED) is 0.246. The Morgan fingerprint density at radius 3 is 2.39 bits per heavy atom. The maximum absolute atomic E-state index is 11.6. The van der Waals surface area contributed by atoms with Crippen LogP contribution in [0.15, 0.2) is 47.7 Å². The van der Waals surface area contributed by atoms with Crippen LogP contribution in [0, 0.1) is 0 Å². The molecule has 0 radical (unpaired) electrons. The van der Waals surface area contributed by atoms with Crippen LogP contribution in [0.4, 0.5) is 4.79 Å². The molecule has 0 aliphatic rings. The summed E-state index contributed by atoms with van der Waals surface area (Å²) in [7, 11) is 1.71. The molecule has 2 aromatic rings. The molecule has 9 heteroatoms. The predicted molar refractivity (Wildman–Crippen MR) is 121 cm³/mol. The number of nitrogens with one attached hydrogen (secondary N) is 3. The molecule has 1 aromatic carbocycles. The highest BCUT2D eigenvalue weighted by atomic mass is 127.